The first-order valence-corrected chi connectivity index (χ1v) is 4.75. The molecule has 3 nitrogen and oxygen atoms in total. The molecule has 0 radical (unpaired) electrons. The van der Waals surface area contributed by atoms with Crippen LogP contribution in [0.1, 0.15) is 25.5 Å². The Bertz CT molecular complexity index is 310. The number of anilines is 1. The van der Waals surface area contributed by atoms with Crippen LogP contribution >= 0.6 is 0 Å². The van der Waals surface area contributed by atoms with Crippen LogP contribution in [0.3, 0.4) is 0 Å². The van der Waals surface area contributed by atoms with E-state index in [1.165, 1.54) is 0 Å². The molecule has 0 amide bonds. The molecule has 0 saturated heterocycles. The lowest BCUT2D eigenvalue weighted by atomic mass is 9.96. The second-order valence-electron chi connectivity index (χ2n) is 3.77. The first-order valence-electron chi connectivity index (χ1n) is 4.75. The van der Waals surface area contributed by atoms with Gasteiger partial charge in [-0.15, -0.1) is 0 Å². The van der Waals surface area contributed by atoms with Gasteiger partial charge >= 0.3 is 0 Å². The van der Waals surface area contributed by atoms with Crippen LogP contribution in [0.25, 0.3) is 0 Å². The summed E-state index contributed by atoms with van der Waals surface area (Å²) in [6.07, 6.45) is 0. The number of rotatable bonds is 3. The summed E-state index contributed by atoms with van der Waals surface area (Å²) in [6.45, 7) is 4.15. The third kappa shape index (κ3) is 2.17. The van der Waals surface area contributed by atoms with Gasteiger partial charge in [-0.1, -0.05) is 13.8 Å². The number of ether oxygens (including phenoxy) is 1. The van der Waals surface area contributed by atoms with Crippen LogP contribution in [-0.2, 0) is 0 Å². The Kier molecular flexibility index (Phi) is 3.36. The highest BCUT2D eigenvalue weighted by molar-refractivity contribution is 5.49. The van der Waals surface area contributed by atoms with E-state index in [1.54, 1.807) is 7.11 Å². The van der Waals surface area contributed by atoms with Gasteiger partial charge in [0.15, 0.2) is 0 Å². The summed E-state index contributed by atoms with van der Waals surface area (Å²) in [5.74, 6) is 1.17. The van der Waals surface area contributed by atoms with Gasteiger partial charge in [-0.05, 0) is 24.1 Å². The monoisotopic (exact) mass is 194 g/mol. The van der Waals surface area contributed by atoms with Crippen LogP contribution < -0.4 is 16.2 Å². The molecule has 1 atom stereocenters. The van der Waals surface area contributed by atoms with Crippen molar-refractivity contribution in [3.05, 3.63) is 23.8 Å². The quantitative estimate of drug-likeness (QED) is 0.723. The normalized spacial score (nSPS) is 12.9. The number of hydrogen-bond donors (Lipinski definition) is 2. The van der Waals surface area contributed by atoms with Gasteiger partial charge in [0.05, 0.1) is 7.11 Å². The number of nitrogen functional groups attached to an aromatic ring is 1. The molecule has 78 valence electrons. The van der Waals surface area contributed by atoms with Crippen molar-refractivity contribution in [1.82, 2.24) is 0 Å². The largest absolute Gasteiger partial charge is 0.496 e. The lowest BCUT2D eigenvalue weighted by Crippen LogP contribution is -2.17. The van der Waals surface area contributed by atoms with Crippen LogP contribution in [0.2, 0.25) is 0 Å². The minimum absolute atomic E-state index is 0.0338. The number of hydrogen-bond acceptors (Lipinski definition) is 3. The van der Waals surface area contributed by atoms with Gasteiger partial charge in [0.25, 0.3) is 0 Å². The highest BCUT2D eigenvalue weighted by Crippen LogP contribution is 2.29. The zero-order valence-electron chi connectivity index (χ0n) is 8.95. The molecule has 4 N–H and O–H groups in total. The maximum atomic E-state index is 6.05. The van der Waals surface area contributed by atoms with E-state index in [-0.39, 0.29) is 6.04 Å². The van der Waals surface area contributed by atoms with Gasteiger partial charge in [-0.2, -0.15) is 0 Å². The van der Waals surface area contributed by atoms with Crippen LogP contribution in [0.4, 0.5) is 5.69 Å². The lowest BCUT2D eigenvalue weighted by Gasteiger charge is -2.19. The summed E-state index contributed by atoms with van der Waals surface area (Å²) in [6, 6.07) is 5.51. The molecule has 0 aliphatic rings. The third-order valence-corrected chi connectivity index (χ3v) is 2.33. The van der Waals surface area contributed by atoms with Gasteiger partial charge < -0.3 is 16.2 Å². The Balaban J connectivity index is 3.10. The fraction of sp³-hybridized carbons (Fsp3) is 0.455. The molecule has 1 aromatic rings. The summed E-state index contributed by atoms with van der Waals surface area (Å²) in [4.78, 5) is 0. The standard InChI is InChI=1S/C11H18N2O/c1-7(2)11(13)9-6-8(12)4-5-10(9)14-3/h4-7,11H,12-13H2,1-3H3/t11-/m1/s1. The van der Waals surface area contributed by atoms with Crippen LogP contribution in [0.5, 0.6) is 5.75 Å². The van der Waals surface area contributed by atoms with Crippen LogP contribution in [-0.4, -0.2) is 7.11 Å². The molecule has 0 fully saturated rings. The van der Waals surface area contributed by atoms with Crippen molar-refractivity contribution < 1.29 is 4.74 Å². The summed E-state index contributed by atoms with van der Waals surface area (Å²) in [5, 5.41) is 0. The van der Waals surface area contributed by atoms with Gasteiger partial charge in [-0.3, -0.25) is 0 Å². The summed E-state index contributed by atoms with van der Waals surface area (Å²) >= 11 is 0. The molecule has 3 heteroatoms. The van der Waals surface area contributed by atoms with Gasteiger partial charge in [0, 0.05) is 17.3 Å². The third-order valence-electron chi connectivity index (χ3n) is 2.33. The van der Waals surface area contributed by atoms with E-state index in [4.69, 9.17) is 16.2 Å². The minimum Gasteiger partial charge on any atom is -0.496 e. The fourth-order valence-electron chi connectivity index (χ4n) is 1.37. The van der Waals surface area contributed by atoms with Crippen molar-refractivity contribution in [3.63, 3.8) is 0 Å². The highest BCUT2D eigenvalue weighted by Gasteiger charge is 2.15. The molecular weight excluding hydrogens is 176 g/mol. The second kappa shape index (κ2) is 4.33. The molecule has 0 aliphatic heterocycles. The van der Waals surface area contributed by atoms with Crippen LogP contribution in [0.15, 0.2) is 18.2 Å². The second-order valence-corrected chi connectivity index (χ2v) is 3.77. The van der Waals surface area contributed by atoms with E-state index in [9.17, 15) is 0 Å². The summed E-state index contributed by atoms with van der Waals surface area (Å²) < 4.78 is 5.24. The Morgan fingerprint density at radius 3 is 2.43 bits per heavy atom. The van der Waals surface area contributed by atoms with E-state index in [2.05, 4.69) is 13.8 Å². The molecule has 0 aromatic heterocycles. The zero-order chi connectivity index (χ0) is 10.7. The van der Waals surface area contributed by atoms with Gasteiger partial charge in [-0.25, -0.2) is 0 Å². The van der Waals surface area contributed by atoms with Crippen molar-refractivity contribution in [3.8, 4) is 5.75 Å². The molecule has 0 unspecified atom stereocenters. The average Bonchev–Trinajstić information content (AvgIpc) is 2.16. The molecule has 0 heterocycles. The molecule has 1 rings (SSSR count). The van der Waals surface area contributed by atoms with E-state index in [0.29, 0.717) is 5.92 Å². The predicted octanol–water partition coefficient (Wildman–Crippen LogP) is 1.93. The Morgan fingerprint density at radius 2 is 1.93 bits per heavy atom. The van der Waals surface area contributed by atoms with Crippen LogP contribution in [0, 0.1) is 5.92 Å². The topological polar surface area (TPSA) is 61.3 Å². The lowest BCUT2D eigenvalue weighted by molar-refractivity contribution is 0.396. The predicted molar refractivity (Wildman–Crippen MR) is 59.2 cm³/mol. The van der Waals surface area contributed by atoms with Crippen molar-refractivity contribution in [2.45, 2.75) is 19.9 Å². The Labute approximate surface area is 85.0 Å². The van der Waals surface area contributed by atoms with Gasteiger partial charge in [0.1, 0.15) is 5.75 Å². The van der Waals surface area contributed by atoms with Crippen molar-refractivity contribution >= 4 is 5.69 Å². The Morgan fingerprint density at radius 1 is 1.29 bits per heavy atom. The minimum atomic E-state index is -0.0338. The number of methoxy groups -OCH3 is 1. The van der Waals surface area contributed by atoms with E-state index in [0.717, 1.165) is 17.0 Å². The molecule has 1 aromatic carbocycles. The summed E-state index contributed by atoms with van der Waals surface area (Å²) in [5.41, 5.74) is 13.5. The first kappa shape index (κ1) is 10.9. The van der Waals surface area contributed by atoms with E-state index < -0.39 is 0 Å². The molecule has 0 aliphatic carbocycles. The SMILES string of the molecule is COc1ccc(N)cc1[C@H](N)C(C)C. The first-order chi connectivity index (χ1) is 6.56. The van der Waals surface area contributed by atoms with E-state index >= 15 is 0 Å². The molecule has 0 bridgehead atoms. The number of benzene rings is 1. The number of nitrogens with two attached hydrogens (primary N) is 2. The zero-order valence-corrected chi connectivity index (χ0v) is 8.95. The Hall–Kier alpha value is -1.22. The molecule has 0 spiro atoms. The van der Waals surface area contributed by atoms with Gasteiger partial charge in [0.2, 0.25) is 0 Å². The van der Waals surface area contributed by atoms with Crippen molar-refractivity contribution in [1.29, 1.82) is 0 Å². The van der Waals surface area contributed by atoms with E-state index in [1.807, 2.05) is 18.2 Å². The van der Waals surface area contributed by atoms with Crippen molar-refractivity contribution in [2.75, 3.05) is 12.8 Å². The highest BCUT2D eigenvalue weighted by atomic mass is 16.5. The smallest absolute Gasteiger partial charge is 0.123 e. The average molecular weight is 194 g/mol. The molecular formula is C11H18N2O. The maximum absolute atomic E-state index is 6.05. The molecule has 14 heavy (non-hydrogen) atoms. The molecule has 0 saturated carbocycles. The fourth-order valence-corrected chi connectivity index (χ4v) is 1.37. The van der Waals surface area contributed by atoms with Crippen molar-refractivity contribution in [2.24, 2.45) is 11.7 Å². The summed E-state index contributed by atoms with van der Waals surface area (Å²) in [7, 11) is 1.64. The maximum Gasteiger partial charge on any atom is 0.123 e.